The zero-order valence-corrected chi connectivity index (χ0v) is 15.6. The molecule has 0 unspecified atom stereocenters. The van der Waals surface area contributed by atoms with Gasteiger partial charge < -0.3 is 10.1 Å². The standard InChI is InChI=1S/C20H32N2O2/c1-16(2)13-17-5-7-18(8-6-17)14-19(23)21-15-20(3,4)22-9-11-24-12-10-22/h5-8,16H,9-15H2,1-4H3,(H,21,23). The predicted octanol–water partition coefficient (Wildman–Crippen LogP) is 2.65. The maximum atomic E-state index is 12.3. The van der Waals surface area contributed by atoms with E-state index in [2.05, 4.69) is 62.2 Å². The van der Waals surface area contributed by atoms with Crippen LogP contribution in [0.25, 0.3) is 0 Å². The molecule has 1 saturated heterocycles. The normalized spacial score (nSPS) is 16.4. The molecule has 0 bridgehead atoms. The van der Waals surface area contributed by atoms with Crippen molar-refractivity contribution in [1.82, 2.24) is 10.2 Å². The van der Waals surface area contributed by atoms with E-state index in [-0.39, 0.29) is 11.4 Å². The lowest BCUT2D eigenvalue weighted by atomic mass is 10.0. The second-order valence-electron chi connectivity index (χ2n) is 7.78. The van der Waals surface area contributed by atoms with Crippen LogP contribution in [0, 0.1) is 5.92 Å². The SMILES string of the molecule is CC(C)Cc1ccc(CC(=O)NCC(C)(C)N2CCOCC2)cc1. The minimum atomic E-state index is -0.0411. The molecule has 24 heavy (non-hydrogen) atoms. The third kappa shape index (κ3) is 5.91. The van der Waals surface area contributed by atoms with Gasteiger partial charge in [-0.1, -0.05) is 38.1 Å². The first-order chi connectivity index (χ1) is 11.4. The van der Waals surface area contributed by atoms with Crippen LogP contribution in [0.5, 0.6) is 0 Å². The fraction of sp³-hybridized carbons (Fsp3) is 0.650. The number of hydrogen-bond acceptors (Lipinski definition) is 3. The molecule has 0 aromatic heterocycles. The molecule has 0 aliphatic carbocycles. The zero-order chi connectivity index (χ0) is 17.6. The molecule has 2 rings (SSSR count). The number of nitrogens with one attached hydrogen (secondary N) is 1. The number of ether oxygens (including phenoxy) is 1. The van der Waals surface area contributed by atoms with E-state index in [9.17, 15) is 4.79 Å². The molecular weight excluding hydrogens is 300 g/mol. The van der Waals surface area contributed by atoms with Gasteiger partial charge in [-0.2, -0.15) is 0 Å². The van der Waals surface area contributed by atoms with Crippen LogP contribution in [0.3, 0.4) is 0 Å². The molecule has 1 amide bonds. The summed E-state index contributed by atoms with van der Waals surface area (Å²) in [4.78, 5) is 14.6. The van der Waals surface area contributed by atoms with Crippen molar-refractivity contribution in [3.8, 4) is 0 Å². The molecule has 0 saturated carbocycles. The zero-order valence-electron chi connectivity index (χ0n) is 15.6. The Morgan fingerprint density at radius 3 is 2.33 bits per heavy atom. The third-order valence-electron chi connectivity index (χ3n) is 4.62. The lowest BCUT2D eigenvalue weighted by Gasteiger charge is -2.40. The van der Waals surface area contributed by atoms with Gasteiger partial charge in [-0.05, 0) is 37.3 Å². The fourth-order valence-electron chi connectivity index (χ4n) is 3.11. The minimum absolute atomic E-state index is 0.0411. The average Bonchev–Trinajstić information content (AvgIpc) is 2.55. The van der Waals surface area contributed by atoms with Crippen LogP contribution in [0.15, 0.2) is 24.3 Å². The minimum Gasteiger partial charge on any atom is -0.379 e. The first-order valence-corrected chi connectivity index (χ1v) is 9.04. The molecule has 1 aromatic carbocycles. The maximum absolute atomic E-state index is 12.3. The average molecular weight is 332 g/mol. The summed E-state index contributed by atoms with van der Waals surface area (Å²) in [5.41, 5.74) is 2.37. The molecule has 1 aromatic rings. The fourth-order valence-corrected chi connectivity index (χ4v) is 3.11. The highest BCUT2D eigenvalue weighted by Crippen LogP contribution is 2.15. The Hall–Kier alpha value is -1.39. The Bertz CT molecular complexity index is 517. The Balaban J connectivity index is 1.80. The molecule has 4 heteroatoms. The van der Waals surface area contributed by atoms with E-state index in [0.29, 0.717) is 18.9 Å². The molecule has 1 heterocycles. The summed E-state index contributed by atoms with van der Waals surface area (Å²) in [6, 6.07) is 8.43. The number of benzene rings is 1. The quantitative estimate of drug-likeness (QED) is 0.835. The van der Waals surface area contributed by atoms with E-state index < -0.39 is 0 Å². The smallest absolute Gasteiger partial charge is 0.224 e. The summed E-state index contributed by atoms with van der Waals surface area (Å²) < 4.78 is 5.40. The van der Waals surface area contributed by atoms with E-state index in [1.54, 1.807) is 0 Å². The van der Waals surface area contributed by atoms with Crippen LogP contribution in [0.1, 0.15) is 38.8 Å². The van der Waals surface area contributed by atoms with Gasteiger partial charge in [0.2, 0.25) is 5.91 Å². The number of amides is 1. The summed E-state index contributed by atoms with van der Waals surface area (Å²) in [6.45, 7) is 12.9. The molecule has 134 valence electrons. The molecule has 0 atom stereocenters. The largest absolute Gasteiger partial charge is 0.379 e. The van der Waals surface area contributed by atoms with Crippen molar-refractivity contribution >= 4 is 5.91 Å². The van der Waals surface area contributed by atoms with Crippen molar-refractivity contribution in [3.05, 3.63) is 35.4 Å². The van der Waals surface area contributed by atoms with Gasteiger partial charge in [0.05, 0.1) is 19.6 Å². The number of hydrogen-bond donors (Lipinski definition) is 1. The van der Waals surface area contributed by atoms with Crippen molar-refractivity contribution in [2.24, 2.45) is 5.92 Å². The number of morpholine rings is 1. The van der Waals surface area contributed by atoms with Crippen LogP contribution in [-0.2, 0) is 22.4 Å². The number of rotatable bonds is 7. The number of nitrogens with zero attached hydrogens (tertiary/aromatic N) is 1. The van der Waals surface area contributed by atoms with Crippen molar-refractivity contribution in [2.75, 3.05) is 32.8 Å². The van der Waals surface area contributed by atoms with Gasteiger partial charge in [-0.3, -0.25) is 9.69 Å². The molecule has 1 aliphatic heterocycles. The molecule has 0 spiro atoms. The number of carbonyl (C=O) groups excluding carboxylic acids is 1. The molecule has 1 aliphatic rings. The van der Waals surface area contributed by atoms with Gasteiger partial charge in [-0.15, -0.1) is 0 Å². The van der Waals surface area contributed by atoms with Gasteiger partial charge in [-0.25, -0.2) is 0 Å². The van der Waals surface area contributed by atoms with Crippen LogP contribution in [0.4, 0.5) is 0 Å². The van der Waals surface area contributed by atoms with Crippen LogP contribution < -0.4 is 5.32 Å². The van der Waals surface area contributed by atoms with E-state index in [0.717, 1.165) is 38.3 Å². The maximum Gasteiger partial charge on any atom is 0.224 e. The van der Waals surface area contributed by atoms with E-state index in [1.807, 2.05) is 0 Å². The van der Waals surface area contributed by atoms with Crippen molar-refractivity contribution < 1.29 is 9.53 Å². The highest BCUT2D eigenvalue weighted by molar-refractivity contribution is 5.78. The van der Waals surface area contributed by atoms with Crippen LogP contribution in [0.2, 0.25) is 0 Å². The first kappa shape index (κ1) is 18.9. The third-order valence-corrected chi connectivity index (χ3v) is 4.62. The van der Waals surface area contributed by atoms with E-state index in [4.69, 9.17) is 4.74 Å². The Kier molecular flexibility index (Phi) is 6.81. The predicted molar refractivity (Wildman–Crippen MR) is 98.2 cm³/mol. The Morgan fingerprint density at radius 2 is 1.75 bits per heavy atom. The second-order valence-corrected chi connectivity index (χ2v) is 7.78. The van der Waals surface area contributed by atoms with Crippen molar-refractivity contribution in [1.29, 1.82) is 0 Å². The van der Waals surface area contributed by atoms with Gasteiger partial charge >= 0.3 is 0 Å². The van der Waals surface area contributed by atoms with Crippen LogP contribution >= 0.6 is 0 Å². The highest BCUT2D eigenvalue weighted by Gasteiger charge is 2.28. The molecule has 1 N–H and O–H groups in total. The molecule has 1 fully saturated rings. The highest BCUT2D eigenvalue weighted by atomic mass is 16.5. The summed E-state index contributed by atoms with van der Waals surface area (Å²) in [5, 5.41) is 3.09. The molecular formula is C20H32N2O2. The summed E-state index contributed by atoms with van der Waals surface area (Å²) in [7, 11) is 0. The molecule has 0 radical (unpaired) electrons. The lowest BCUT2D eigenvalue weighted by molar-refractivity contribution is -0.121. The summed E-state index contributed by atoms with van der Waals surface area (Å²) >= 11 is 0. The van der Waals surface area contributed by atoms with Crippen molar-refractivity contribution in [3.63, 3.8) is 0 Å². The lowest BCUT2D eigenvalue weighted by Crippen LogP contribution is -2.55. The Morgan fingerprint density at radius 1 is 1.17 bits per heavy atom. The topological polar surface area (TPSA) is 41.6 Å². The monoisotopic (exact) mass is 332 g/mol. The van der Waals surface area contributed by atoms with Gasteiger partial charge in [0.25, 0.3) is 0 Å². The van der Waals surface area contributed by atoms with Gasteiger partial charge in [0.15, 0.2) is 0 Å². The van der Waals surface area contributed by atoms with E-state index in [1.165, 1.54) is 5.56 Å². The molecule has 4 nitrogen and oxygen atoms in total. The number of carbonyl (C=O) groups is 1. The summed E-state index contributed by atoms with van der Waals surface area (Å²) in [5.74, 6) is 0.745. The van der Waals surface area contributed by atoms with Gasteiger partial charge in [0.1, 0.15) is 0 Å². The van der Waals surface area contributed by atoms with Crippen LogP contribution in [-0.4, -0.2) is 49.2 Å². The second kappa shape index (κ2) is 8.63. The van der Waals surface area contributed by atoms with Crippen molar-refractivity contribution in [2.45, 2.75) is 46.1 Å². The Labute approximate surface area is 146 Å². The van der Waals surface area contributed by atoms with Gasteiger partial charge in [0, 0.05) is 25.2 Å². The first-order valence-electron chi connectivity index (χ1n) is 9.04. The summed E-state index contributed by atoms with van der Waals surface area (Å²) in [6.07, 6.45) is 1.53. The van der Waals surface area contributed by atoms with E-state index >= 15 is 0 Å².